The third kappa shape index (κ3) is 4.52. The summed E-state index contributed by atoms with van der Waals surface area (Å²) in [5.74, 6) is -0.369. The van der Waals surface area contributed by atoms with E-state index in [-0.39, 0.29) is 18.8 Å². The molecule has 2 aliphatic carbocycles. The molecule has 104 valence electrons. The van der Waals surface area contributed by atoms with Gasteiger partial charge in [-0.2, -0.15) is 0 Å². The molecule has 0 saturated carbocycles. The van der Waals surface area contributed by atoms with Crippen LogP contribution in [0.2, 0.25) is 5.02 Å². The minimum atomic E-state index is -0.672. The van der Waals surface area contributed by atoms with Crippen LogP contribution >= 0.6 is 11.6 Å². The van der Waals surface area contributed by atoms with Crippen LogP contribution in [0.15, 0.2) is 18.2 Å². The normalized spacial score (nSPS) is 11.9. The van der Waals surface area contributed by atoms with Crippen molar-refractivity contribution in [2.45, 2.75) is 32.7 Å². The first kappa shape index (κ1) is 15.4. The first-order chi connectivity index (χ1) is 8.95. The molecular weight excluding hydrogens is 270 g/mol. The lowest BCUT2D eigenvalue weighted by Gasteiger charge is -2.02. The lowest BCUT2D eigenvalue weighted by molar-refractivity contribution is -0.518. The Morgan fingerprint density at radius 1 is 1.53 bits per heavy atom. The number of benzene rings is 1. The summed E-state index contributed by atoms with van der Waals surface area (Å²) in [4.78, 5) is 20.4. The molecule has 0 N–H and O–H groups in total. The van der Waals surface area contributed by atoms with Crippen molar-refractivity contribution in [3.8, 4) is 0 Å². The van der Waals surface area contributed by atoms with Gasteiger partial charge in [0.2, 0.25) is 6.04 Å². The predicted octanol–water partition coefficient (Wildman–Crippen LogP) is 2.94. The summed E-state index contributed by atoms with van der Waals surface area (Å²) in [6.07, 6.45) is 0.363. The van der Waals surface area contributed by atoms with E-state index >= 15 is 0 Å². The van der Waals surface area contributed by atoms with Gasteiger partial charge in [0, 0.05) is 28.5 Å². The molecule has 0 aromatic rings. The SMILES string of the molecule is CCOC(=O)CCC(C)[N+](=O)[O-].Clc1cc2ccc1=2. The van der Waals surface area contributed by atoms with Crippen LogP contribution in [-0.4, -0.2) is 23.5 Å². The molecule has 2 aliphatic rings. The molecule has 0 saturated heterocycles. The molecule has 1 atom stereocenters. The van der Waals surface area contributed by atoms with Gasteiger partial charge >= 0.3 is 5.97 Å². The van der Waals surface area contributed by atoms with E-state index in [2.05, 4.69) is 10.8 Å². The summed E-state index contributed by atoms with van der Waals surface area (Å²) >= 11 is 5.60. The number of hydrogen-bond acceptors (Lipinski definition) is 4. The third-order valence-electron chi connectivity index (χ3n) is 2.71. The standard InChI is InChI=1S/C7H13NO4.C6H3Cl/c1-3-12-7(9)5-4-6(2)8(10)11;7-6-3-4-1-2-5(4)6/h6H,3-5H2,1-2H3;1-3H. The van der Waals surface area contributed by atoms with Gasteiger partial charge in [0.25, 0.3) is 0 Å². The Bertz CT molecular complexity index is 558. The highest BCUT2D eigenvalue weighted by molar-refractivity contribution is 6.31. The third-order valence-corrected chi connectivity index (χ3v) is 3.02. The second-order valence-corrected chi connectivity index (χ2v) is 4.58. The van der Waals surface area contributed by atoms with Crippen molar-refractivity contribution in [1.29, 1.82) is 0 Å². The lowest BCUT2D eigenvalue weighted by atomic mass is 10.1. The molecular formula is C13H16ClNO4. The van der Waals surface area contributed by atoms with Crippen LogP contribution in [0.25, 0.3) is 0 Å². The topological polar surface area (TPSA) is 69.4 Å². The monoisotopic (exact) mass is 285 g/mol. The smallest absolute Gasteiger partial charge is 0.306 e. The number of esters is 1. The Labute approximate surface area is 116 Å². The molecule has 0 fully saturated rings. The van der Waals surface area contributed by atoms with Crippen molar-refractivity contribution in [3.05, 3.63) is 43.8 Å². The summed E-state index contributed by atoms with van der Waals surface area (Å²) in [6.45, 7) is 3.50. The fourth-order valence-electron chi connectivity index (χ4n) is 1.41. The van der Waals surface area contributed by atoms with Crippen LogP contribution in [0.4, 0.5) is 0 Å². The minimum absolute atomic E-state index is 0.121. The van der Waals surface area contributed by atoms with Gasteiger partial charge in [-0.1, -0.05) is 23.7 Å². The molecule has 0 heterocycles. The van der Waals surface area contributed by atoms with Crippen molar-refractivity contribution in [2.24, 2.45) is 0 Å². The van der Waals surface area contributed by atoms with Crippen LogP contribution in [0, 0.1) is 20.6 Å². The highest BCUT2D eigenvalue weighted by atomic mass is 35.5. The van der Waals surface area contributed by atoms with E-state index in [1.54, 1.807) is 6.92 Å². The molecule has 0 spiro atoms. The molecule has 0 aromatic carbocycles. The van der Waals surface area contributed by atoms with Gasteiger partial charge in [0.1, 0.15) is 0 Å². The summed E-state index contributed by atoms with van der Waals surface area (Å²) in [5, 5.41) is 13.6. The molecule has 19 heavy (non-hydrogen) atoms. The highest BCUT2D eigenvalue weighted by Crippen LogP contribution is 2.20. The van der Waals surface area contributed by atoms with Gasteiger partial charge < -0.3 is 4.74 Å². The molecule has 5 nitrogen and oxygen atoms in total. The Balaban J connectivity index is 0.000000213. The lowest BCUT2D eigenvalue weighted by Crippen LogP contribution is -2.17. The largest absolute Gasteiger partial charge is 0.466 e. The summed E-state index contributed by atoms with van der Waals surface area (Å²) in [6, 6.07) is 5.38. The number of hydrogen-bond donors (Lipinski definition) is 0. The molecule has 0 radical (unpaired) electrons. The van der Waals surface area contributed by atoms with E-state index in [4.69, 9.17) is 11.6 Å². The Morgan fingerprint density at radius 3 is 2.47 bits per heavy atom. The Morgan fingerprint density at radius 2 is 2.21 bits per heavy atom. The minimum Gasteiger partial charge on any atom is -0.466 e. The number of carbonyl (C=O) groups is 1. The molecule has 1 unspecified atom stereocenters. The number of nitrogens with zero attached hydrogens (tertiary/aromatic N) is 1. The zero-order chi connectivity index (χ0) is 14.4. The number of rotatable bonds is 5. The average molecular weight is 286 g/mol. The van der Waals surface area contributed by atoms with E-state index in [1.165, 1.54) is 17.4 Å². The van der Waals surface area contributed by atoms with Crippen molar-refractivity contribution in [3.63, 3.8) is 0 Å². The Hall–Kier alpha value is -1.62. The Kier molecular flexibility index (Phi) is 5.76. The number of carbonyl (C=O) groups excluding carboxylic acids is 1. The zero-order valence-electron chi connectivity index (χ0n) is 10.9. The summed E-state index contributed by atoms with van der Waals surface area (Å²) in [7, 11) is 0. The fourth-order valence-corrected chi connectivity index (χ4v) is 1.70. The number of nitro groups is 1. The second-order valence-electron chi connectivity index (χ2n) is 4.17. The first-order valence-corrected chi connectivity index (χ1v) is 6.42. The molecule has 0 aromatic heterocycles. The maximum absolute atomic E-state index is 10.7. The summed E-state index contributed by atoms with van der Waals surface area (Å²) in [5.41, 5.74) is 0. The summed E-state index contributed by atoms with van der Waals surface area (Å²) < 4.78 is 4.61. The van der Waals surface area contributed by atoms with E-state index in [1.807, 2.05) is 12.1 Å². The van der Waals surface area contributed by atoms with E-state index in [0.717, 1.165) is 5.02 Å². The van der Waals surface area contributed by atoms with Crippen LogP contribution < -0.4 is 0 Å². The van der Waals surface area contributed by atoms with Crippen LogP contribution in [0.5, 0.6) is 0 Å². The first-order valence-electron chi connectivity index (χ1n) is 6.04. The van der Waals surface area contributed by atoms with Crippen LogP contribution in [0.1, 0.15) is 26.7 Å². The number of ether oxygens (including phenoxy) is 1. The van der Waals surface area contributed by atoms with Gasteiger partial charge in [0.05, 0.1) is 13.0 Å². The van der Waals surface area contributed by atoms with Crippen molar-refractivity contribution in [1.82, 2.24) is 0 Å². The zero-order valence-corrected chi connectivity index (χ0v) is 11.6. The quantitative estimate of drug-likeness (QED) is 0.481. The molecule has 6 heteroatoms. The fraction of sp³-hybridized carbons (Fsp3) is 0.462. The van der Waals surface area contributed by atoms with E-state index < -0.39 is 11.0 Å². The average Bonchev–Trinajstić information content (AvgIpc) is 2.33. The molecule has 0 amide bonds. The van der Waals surface area contributed by atoms with Crippen molar-refractivity contribution < 1.29 is 14.5 Å². The maximum Gasteiger partial charge on any atom is 0.306 e. The van der Waals surface area contributed by atoms with E-state index in [0.29, 0.717) is 6.61 Å². The van der Waals surface area contributed by atoms with E-state index in [9.17, 15) is 14.9 Å². The molecule has 0 aliphatic heterocycles. The van der Waals surface area contributed by atoms with Crippen molar-refractivity contribution >= 4 is 17.6 Å². The molecule has 0 bridgehead atoms. The van der Waals surface area contributed by atoms with Crippen molar-refractivity contribution in [2.75, 3.05) is 6.61 Å². The highest BCUT2D eigenvalue weighted by Gasteiger charge is 2.14. The number of halogens is 1. The van der Waals surface area contributed by atoms with Crippen LogP contribution in [-0.2, 0) is 9.53 Å². The van der Waals surface area contributed by atoms with Gasteiger partial charge in [-0.05, 0) is 18.2 Å². The second kappa shape index (κ2) is 7.09. The van der Waals surface area contributed by atoms with Crippen LogP contribution in [0.3, 0.4) is 0 Å². The van der Waals surface area contributed by atoms with Gasteiger partial charge in [-0.3, -0.25) is 14.9 Å². The van der Waals surface area contributed by atoms with Gasteiger partial charge in [-0.25, -0.2) is 0 Å². The van der Waals surface area contributed by atoms with Gasteiger partial charge in [0.15, 0.2) is 0 Å². The maximum atomic E-state index is 10.7. The molecule has 2 rings (SSSR count). The predicted molar refractivity (Wildman–Crippen MR) is 71.4 cm³/mol. The van der Waals surface area contributed by atoms with Gasteiger partial charge in [-0.15, -0.1) is 0 Å².